The summed E-state index contributed by atoms with van der Waals surface area (Å²) in [6.45, 7) is 4.46. The predicted molar refractivity (Wildman–Crippen MR) is 125 cm³/mol. The Morgan fingerprint density at radius 2 is 1.86 bits per heavy atom. The molecule has 4 aromatic rings. The molecule has 0 atom stereocenters. The molecule has 3 nitrogen and oxygen atoms in total. The molecular formula is C22H19Cl2N3S2. The zero-order valence-corrected chi connectivity index (χ0v) is 19.3. The van der Waals surface area contributed by atoms with E-state index in [9.17, 15) is 0 Å². The van der Waals surface area contributed by atoms with Crippen molar-refractivity contribution in [2.75, 3.05) is 0 Å². The van der Waals surface area contributed by atoms with Gasteiger partial charge >= 0.3 is 0 Å². The molecule has 3 aromatic heterocycles. The largest absolute Gasteiger partial charge is 0.241 e. The number of halogens is 2. The molecule has 5 rings (SSSR count). The van der Waals surface area contributed by atoms with E-state index < -0.39 is 0 Å². The number of thioether (sulfide) groups is 1. The highest BCUT2D eigenvalue weighted by atomic mass is 35.5. The van der Waals surface area contributed by atoms with Crippen LogP contribution in [0.25, 0.3) is 20.4 Å². The fourth-order valence-corrected chi connectivity index (χ4v) is 7.08. The highest BCUT2D eigenvalue weighted by molar-refractivity contribution is 7.98. The van der Waals surface area contributed by atoms with Crippen LogP contribution in [0, 0.1) is 0 Å². The summed E-state index contributed by atoms with van der Waals surface area (Å²) >= 11 is 16.1. The van der Waals surface area contributed by atoms with Gasteiger partial charge in [-0.05, 0) is 54.0 Å². The fraction of sp³-hybridized carbons (Fsp3) is 0.318. The summed E-state index contributed by atoms with van der Waals surface area (Å²) in [5, 5.41) is 3.58. The number of pyridine rings is 1. The van der Waals surface area contributed by atoms with Gasteiger partial charge in [0.15, 0.2) is 0 Å². The van der Waals surface area contributed by atoms with Gasteiger partial charge in [0.25, 0.3) is 0 Å². The first-order valence-electron chi connectivity index (χ1n) is 9.69. The van der Waals surface area contributed by atoms with E-state index in [1.165, 1.54) is 28.6 Å². The Morgan fingerprint density at radius 1 is 1.10 bits per heavy atom. The van der Waals surface area contributed by atoms with Crippen LogP contribution in [0.1, 0.15) is 48.6 Å². The number of thiophene rings is 1. The van der Waals surface area contributed by atoms with Crippen LogP contribution in [0.15, 0.2) is 29.6 Å². The number of rotatable bonds is 4. The predicted octanol–water partition coefficient (Wildman–Crippen LogP) is 7.45. The van der Waals surface area contributed by atoms with Gasteiger partial charge in [-0.15, -0.1) is 11.3 Å². The van der Waals surface area contributed by atoms with Crippen LogP contribution < -0.4 is 0 Å². The molecule has 29 heavy (non-hydrogen) atoms. The van der Waals surface area contributed by atoms with Gasteiger partial charge in [0.1, 0.15) is 16.2 Å². The molecule has 1 aliphatic rings. The molecule has 1 aliphatic carbocycles. The summed E-state index contributed by atoms with van der Waals surface area (Å²) in [7, 11) is 0. The first-order chi connectivity index (χ1) is 14.0. The number of fused-ring (bicyclic) bond motifs is 5. The van der Waals surface area contributed by atoms with Gasteiger partial charge in [0.05, 0.1) is 10.2 Å². The van der Waals surface area contributed by atoms with Crippen molar-refractivity contribution in [3.8, 4) is 0 Å². The summed E-state index contributed by atoms with van der Waals surface area (Å²) in [4.78, 5) is 15.4. The van der Waals surface area contributed by atoms with Crippen molar-refractivity contribution in [3.05, 3.63) is 57.0 Å². The number of benzene rings is 1. The van der Waals surface area contributed by atoms with Crippen LogP contribution in [0.3, 0.4) is 0 Å². The lowest BCUT2D eigenvalue weighted by atomic mass is 9.99. The molecule has 0 saturated carbocycles. The number of hydrogen-bond donors (Lipinski definition) is 0. The third-order valence-corrected chi connectivity index (χ3v) is 8.37. The standard InChI is InChI=1S/C22H19Cl2N3S2/c1-11(2)18-13-6-3-5-12(13)17-19-20(29-21(17)27-18)22(26-10-25-19)28-9-14-15(23)7-4-8-16(14)24/h4,7-8,10-11H,3,5-6,9H2,1-2H3. The minimum Gasteiger partial charge on any atom is -0.241 e. The molecule has 0 saturated heterocycles. The number of aromatic nitrogens is 3. The normalized spacial score (nSPS) is 13.7. The lowest BCUT2D eigenvalue weighted by molar-refractivity contribution is 0.805. The van der Waals surface area contributed by atoms with Gasteiger partial charge in [-0.2, -0.15) is 0 Å². The van der Waals surface area contributed by atoms with E-state index in [0.717, 1.165) is 38.5 Å². The topological polar surface area (TPSA) is 38.7 Å². The first kappa shape index (κ1) is 19.6. The minimum atomic E-state index is 0.429. The SMILES string of the molecule is CC(C)c1nc2sc3c(SCc4c(Cl)cccc4Cl)ncnc3c2c2c1CCC2. The molecule has 3 heterocycles. The molecule has 0 aliphatic heterocycles. The Bertz CT molecular complexity index is 1230. The van der Waals surface area contributed by atoms with Crippen molar-refractivity contribution in [2.24, 2.45) is 0 Å². The van der Waals surface area contributed by atoms with Crippen molar-refractivity contribution in [1.82, 2.24) is 15.0 Å². The Hall–Kier alpha value is -1.40. The van der Waals surface area contributed by atoms with E-state index in [4.69, 9.17) is 28.2 Å². The van der Waals surface area contributed by atoms with E-state index >= 15 is 0 Å². The average Bonchev–Trinajstić information content (AvgIpc) is 3.31. The van der Waals surface area contributed by atoms with Crippen LogP contribution in [0.5, 0.6) is 0 Å². The summed E-state index contributed by atoms with van der Waals surface area (Å²) in [6, 6.07) is 5.62. The van der Waals surface area contributed by atoms with Crippen molar-refractivity contribution in [3.63, 3.8) is 0 Å². The lowest BCUT2D eigenvalue weighted by Crippen LogP contribution is -2.00. The minimum absolute atomic E-state index is 0.429. The molecule has 0 unspecified atom stereocenters. The van der Waals surface area contributed by atoms with Gasteiger partial charge in [-0.3, -0.25) is 0 Å². The number of aryl methyl sites for hydroxylation is 1. The molecule has 0 amide bonds. The molecule has 0 fully saturated rings. The van der Waals surface area contributed by atoms with Gasteiger partial charge in [-0.25, -0.2) is 15.0 Å². The zero-order valence-electron chi connectivity index (χ0n) is 16.1. The highest BCUT2D eigenvalue weighted by Gasteiger charge is 2.25. The Labute approximate surface area is 187 Å². The van der Waals surface area contributed by atoms with E-state index in [0.29, 0.717) is 21.7 Å². The number of nitrogens with zero attached hydrogens (tertiary/aromatic N) is 3. The maximum absolute atomic E-state index is 6.35. The smallest absolute Gasteiger partial charge is 0.126 e. The summed E-state index contributed by atoms with van der Waals surface area (Å²) in [5.74, 6) is 1.10. The molecular weight excluding hydrogens is 441 g/mol. The molecule has 0 N–H and O–H groups in total. The second kappa shape index (κ2) is 7.69. The Kier molecular flexibility index (Phi) is 5.19. The number of hydrogen-bond acceptors (Lipinski definition) is 5. The van der Waals surface area contributed by atoms with E-state index in [2.05, 4.69) is 23.8 Å². The zero-order chi connectivity index (χ0) is 20.1. The summed E-state index contributed by atoms with van der Waals surface area (Å²) in [6.07, 6.45) is 5.11. The van der Waals surface area contributed by atoms with Crippen molar-refractivity contribution < 1.29 is 0 Å². The fourth-order valence-electron chi connectivity index (χ4n) is 4.10. The average molecular weight is 460 g/mol. The third kappa shape index (κ3) is 3.32. The van der Waals surface area contributed by atoms with Gasteiger partial charge in [-0.1, -0.05) is 54.9 Å². The Balaban J connectivity index is 1.63. The van der Waals surface area contributed by atoms with Crippen LogP contribution in [0.2, 0.25) is 10.0 Å². The third-order valence-electron chi connectivity index (χ3n) is 5.43. The van der Waals surface area contributed by atoms with Crippen molar-refractivity contribution >= 4 is 66.7 Å². The molecule has 7 heteroatoms. The Morgan fingerprint density at radius 3 is 2.62 bits per heavy atom. The van der Waals surface area contributed by atoms with Crippen molar-refractivity contribution in [2.45, 2.75) is 49.8 Å². The van der Waals surface area contributed by atoms with E-state index in [-0.39, 0.29) is 0 Å². The van der Waals surface area contributed by atoms with E-state index in [1.54, 1.807) is 29.4 Å². The monoisotopic (exact) mass is 459 g/mol. The molecule has 1 aromatic carbocycles. The molecule has 0 spiro atoms. The maximum Gasteiger partial charge on any atom is 0.126 e. The highest BCUT2D eigenvalue weighted by Crippen LogP contribution is 2.43. The second-order valence-corrected chi connectivity index (χ2v) is 10.4. The summed E-state index contributed by atoms with van der Waals surface area (Å²) < 4.78 is 1.11. The molecule has 0 radical (unpaired) electrons. The van der Waals surface area contributed by atoms with Crippen LogP contribution in [0.4, 0.5) is 0 Å². The van der Waals surface area contributed by atoms with E-state index in [1.807, 2.05) is 18.2 Å². The van der Waals surface area contributed by atoms with Gasteiger partial charge < -0.3 is 0 Å². The summed E-state index contributed by atoms with van der Waals surface area (Å²) in [5.41, 5.74) is 6.13. The molecule has 148 valence electrons. The van der Waals surface area contributed by atoms with Gasteiger partial charge in [0, 0.05) is 26.9 Å². The molecule has 0 bridgehead atoms. The van der Waals surface area contributed by atoms with Crippen LogP contribution in [-0.2, 0) is 18.6 Å². The first-order valence-corrected chi connectivity index (χ1v) is 12.2. The lowest BCUT2D eigenvalue weighted by Gasteiger charge is -2.11. The van der Waals surface area contributed by atoms with Crippen LogP contribution >= 0.6 is 46.3 Å². The van der Waals surface area contributed by atoms with Crippen molar-refractivity contribution in [1.29, 1.82) is 0 Å². The quantitative estimate of drug-likeness (QED) is 0.234. The van der Waals surface area contributed by atoms with Gasteiger partial charge in [0.2, 0.25) is 0 Å². The maximum atomic E-state index is 6.35. The second-order valence-electron chi connectivity index (χ2n) is 7.59. The van der Waals surface area contributed by atoms with Crippen LogP contribution in [-0.4, -0.2) is 15.0 Å².